The van der Waals surface area contributed by atoms with Gasteiger partial charge in [0.15, 0.2) is 0 Å². The number of hydrogen-bond donors (Lipinski definition) is 1. The van der Waals surface area contributed by atoms with Crippen LogP contribution in [0.3, 0.4) is 0 Å². The molecule has 2 rings (SSSR count). The maximum absolute atomic E-state index is 9.13. The van der Waals surface area contributed by atoms with E-state index in [0.717, 1.165) is 17.0 Å². The summed E-state index contributed by atoms with van der Waals surface area (Å²) >= 11 is 0. The first kappa shape index (κ1) is 15.4. The molecule has 4 nitrogen and oxygen atoms in total. The third kappa shape index (κ3) is 3.58. The molecule has 1 aromatic carbocycles. The van der Waals surface area contributed by atoms with Gasteiger partial charge in [0.2, 0.25) is 0 Å². The lowest BCUT2D eigenvalue weighted by molar-refractivity contribution is 0.279. The van der Waals surface area contributed by atoms with E-state index in [1.54, 1.807) is 6.20 Å². The predicted octanol–water partition coefficient (Wildman–Crippen LogP) is 3.68. The number of aromatic nitrogens is 2. The first-order valence-corrected chi connectivity index (χ1v) is 7.03. The van der Waals surface area contributed by atoms with E-state index in [1.165, 1.54) is 5.56 Å². The molecule has 0 amide bonds. The van der Waals surface area contributed by atoms with Gasteiger partial charge in [-0.25, -0.2) is 4.98 Å². The lowest BCUT2D eigenvalue weighted by Crippen LogP contribution is -2.11. The number of hydrogen-bond acceptors (Lipinski definition) is 4. The molecular weight excluding hydrogens is 264 g/mol. The Morgan fingerprint density at radius 1 is 1.19 bits per heavy atom. The van der Waals surface area contributed by atoms with Crippen LogP contribution in [0.5, 0.6) is 11.8 Å². The van der Waals surface area contributed by atoms with E-state index in [0.29, 0.717) is 11.6 Å². The Morgan fingerprint density at radius 2 is 1.90 bits per heavy atom. The van der Waals surface area contributed by atoms with Gasteiger partial charge in [-0.3, -0.25) is 0 Å². The number of ether oxygens (including phenoxy) is 1. The van der Waals surface area contributed by atoms with Crippen LogP contribution < -0.4 is 4.74 Å². The summed E-state index contributed by atoms with van der Waals surface area (Å²) in [6.45, 7) is 10.3. The summed E-state index contributed by atoms with van der Waals surface area (Å²) in [5.74, 6) is 0.749. The summed E-state index contributed by atoms with van der Waals surface area (Å²) in [6, 6.07) is 6.45. The quantitative estimate of drug-likeness (QED) is 0.935. The van der Waals surface area contributed by atoms with Crippen molar-refractivity contribution in [3.8, 4) is 11.8 Å². The third-order valence-corrected chi connectivity index (χ3v) is 3.47. The first-order valence-electron chi connectivity index (χ1n) is 7.03. The summed E-state index contributed by atoms with van der Waals surface area (Å²) in [6.07, 6.45) is 1.59. The minimum atomic E-state index is -0.0641. The molecule has 2 aromatic rings. The van der Waals surface area contributed by atoms with Crippen LogP contribution in [0.4, 0.5) is 0 Å². The van der Waals surface area contributed by atoms with Crippen molar-refractivity contribution in [3.63, 3.8) is 0 Å². The molecule has 0 radical (unpaired) electrons. The average Bonchev–Trinajstić information content (AvgIpc) is 2.40. The van der Waals surface area contributed by atoms with Gasteiger partial charge < -0.3 is 9.84 Å². The van der Waals surface area contributed by atoms with Crippen molar-refractivity contribution in [2.24, 2.45) is 0 Å². The van der Waals surface area contributed by atoms with Gasteiger partial charge in [-0.1, -0.05) is 32.9 Å². The van der Waals surface area contributed by atoms with Crippen LogP contribution in [0.2, 0.25) is 0 Å². The van der Waals surface area contributed by atoms with Crippen LogP contribution in [0.1, 0.15) is 43.2 Å². The van der Waals surface area contributed by atoms with Crippen molar-refractivity contribution < 1.29 is 9.84 Å². The molecule has 0 unspecified atom stereocenters. The van der Waals surface area contributed by atoms with E-state index in [1.807, 2.05) is 19.9 Å². The highest BCUT2D eigenvalue weighted by atomic mass is 16.5. The Morgan fingerprint density at radius 3 is 2.43 bits per heavy atom. The van der Waals surface area contributed by atoms with E-state index in [-0.39, 0.29) is 12.0 Å². The maximum Gasteiger partial charge on any atom is 0.322 e. The van der Waals surface area contributed by atoms with Crippen molar-refractivity contribution in [1.82, 2.24) is 9.97 Å². The second kappa shape index (κ2) is 5.82. The number of aliphatic hydroxyl groups excluding tert-OH is 1. The second-order valence-electron chi connectivity index (χ2n) is 6.25. The number of aliphatic hydroxyl groups is 1. The van der Waals surface area contributed by atoms with Crippen molar-refractivity contribution in [2.45, 2.75) is 46.6 Å². The predicted molar refractivity (Wildman–Crippen MR) is 82.6 cm³/mol. The molecule has 21 heavy (non-hydrogen) atoms. The Bertz CT molecular complexity index is 646. The molecule has 0 aliphatic carbocycles. The van der Waals surface area contributed by atoms with E-state index < -0.39 is 0 Å². The molecule has 0 atom stereocenters. The van der Waals surface area contributed by atoms with Crippen LogP contribution in [-0.4, -0.2) is 15.1 Å². The molecule has 0 aliphatic rings. The Balaban J connectivity index is 2.26. The Labute approximate surface area is 125 Å². The lowest BCUT2D eigenvalue weighted by atomic mass is 9.86. The van der Waals surface area contributed by atoms with Crippen molar-refractivity contribution >= 4 is 0 Å². The molecule has 0 bridgehead atoms. The number of aryl methyl sites for hydroxylation is 2. The van der Waals surface area contributed by atoms with Crippen molar-refractivity contribution in [3.05, 3.63) is 46.8 Å². The molecule has 0 saturated carbocycles. The van der Waals surface area contributed by atoms with Crippen LogP contribution >= 0.6 is 0 Å². The SMILES string of the molecule is Cc1cc(C(C)(C)C)ccc1Oc1ncc(CO)c(C)n1. The smallest absolute Gasteiger partial charge is 0.322 e. The van der Waals surface area contributed by atoms with Crippen molar-refractivity contribution in [1.29, 1.82) is 0 Å². The largest absolute Gasteiger partial charge is 0.424 e. The summed E-state index contributed by atoms with van der Waals surface area (Å²) < 4.78 is 5.75. The first-order chi connectivity index (χ1) is 9.81. The molecule has 1 aromatic heterocycles. The molecule has 0 aliphatic heterocycles. The highest BCUT2D eigenvalue weighted by molar-refractivity contribution is 5.40. The number of rotatable bonds is 3. The molecule has 112 valence electrons. The van der Waals surface area contributed by atoms with E-state index in [9.17, 15) is 0 Å². The van der Waals surface area contributed by atoms with Crippen LogP contribution in [-0.2, 0) is 12.0 Å². The van der Waals surface area contributed by atoms with Gasteiger partial charge in [-0.05, 0) is 36.5 Å². The van der Waals surface area contributed by atoms with Crippen molar-refractivity contribution in [2.75, 3.05) is 0 Å². The third-order valence-electron chi connectivity index (χ3n) is 3.47. The zero-order valence-electron chi connectivity index (χ0n) is 13.3. The topological polar surface area (TPSA) is 55.2 Å². The van der Waals surface area contributed by atoms with Gasteiger partial charge in [0.1, 0.15) is 5.75 Å². The summed E-state index contributed by atoms with van der Waals surface area (Å²) in [5, 5.41) is 9.13. The normalized spacial score (nSPS) is 11.5. The minimum absolute atomic E-state index is 0.0641. The van der Waals surface area contributed by atoms with Gasteiger partial charge in [0.05, 0.1) is 12.3 Å². The highest BCUT2D eigenvalue weighted by Gasteiger charge is 2.15. The zero-order valence-corrected chi connectivity index (χ0v) is 13.3. The van der Waals surface area contributed by atoms with Crippen LogP contribution in [0, 0.1) is 13.8 Å². The molecule has 4 heteroatoms. The summed E-state index contributed by atoms with van der Waals surface area (Å²) in [4.78, 5) is 8.38. The zero-order chi connectivity index (χ0) is 15.6. The molecule has 0 spiro atoms. The Kier molecular flexibility index (Phi) is 4.28. The summed E-state index contributed by atoms with van der Waals surface area (Å²) in [5.41, 5.74) is 3.86. The maximum atomic E-state index is 9.13. The van der Waals surface area contributed by atoms with Gasteiger partial charge in [0, 0.05) is 11.8 Å². The monoisotopic (exact) mass is 286 g/mol. The minimum Gasteiger partial charge on any atom is -0.424 e. The highest BCUT2D eigenvalue weighted by Crippen LogP contribution is 2.29. The van der Waals surface area contributed by atoms with Gasteiger partial charge in [0.25, 0.3) is 0 Å². The lowest BCUT2D eigenvalue weighted by Gasteiger charge is -2.20. The average molecular weight is 286 g/mol. The molecule has 0 saturated heterocycles. The van der Waals surface area contributed by atoms with E-state index in [2.05, 4.69) is 42.9 Å². The van der Waals surface area contributed by atoms with Gasteiger partial charge in [-0.2, -0.15) is 4.98 Å². The second-order valence-corrected chi connectivity index (χ2v) is 6.25. The fourth-order valence-corrected chi connectivity index (χ4v) is 2.00. The Hall–Kier alpha value is -1.94. The van der Waals surface area contributed by atoms with E-state index >= 15 is 0 Å². The van der Waals surface area contributed by atoms with Gasteiger partial charge in [-0.15, -0.1) is 0 Å². The molecule has 1 heterocycles. The van der Waals surface area contributed by atoms with Crippen LogP contribution in [0.15, 0.2) is 24.4 Å². The molecule has 0 fully saturated rings. The molecular formula is C17H22N2O2. The van der Waals surface area contributed by atoms with Crippen LogP contribution in [0.25, 0.3) is 0 Å². The fraction of sp³-hybridized carbons (Fsp3) is 0.412. The number of nitrogens with zero attached hydrogens (tertiary/aromatic N) is 2. The van der Waals surface area contributed by atoms with E-state index in [4.69, 9.17) is 9.84 Å². The van der Waals surface area contributed by atoms with Gasteiger partial charge >= 0.3 is 6.01 Å². The summed E-state index contributed by atoms with van der Waals surface area (Å²) in [7, 11) is 0. The number of benzene rings is 1. The fourth-order valence-electron chi connectivity index (χ4n) is 2.00. The molecule has 1 N–H and O–H groups in total. The standard InChI is InChI=1S/C17H22N2O2/c1-11-8-14(17(3,4)5)6-7-15(11)21-16-18-9-13(10-20)12(2)19-16/h6-9,20H,10H2,1-5H3.